The van der Waals surface area contributed by atoms with Gasteiger partial charge in [-0.25, -0.2) is 10.2 Å². The normalized spacial score (nSPS) is 11.2. The maximum Gasteiger partial charge on any atom is 0.343 e. The maximum atomic E-state index is 13.3. The molecule has 0 atom stereocenters. The number of aliphatic hydroxyl groups is 1. The molecular formula is C31H27ClN2O6. The van der Waals surface area contributed by atoms with E-state index in [-0.39, 0.29) is 23.1 Å². The molecule has 0 unspecified atom stereocenters. The first-order valence-electron chi connectivity index (χ1n) is 12.4. The van der Waals surface area contributed by atoms with Gasteiger partial charge in [0.15, 0.2) is 17.1 Å². The molecular weight excluding hydrogens is 532 g/mol. The Labute approximate surface area is 236 Å². The number of esters is 1. The number of hydrogen-bond donors (Lipinski definition) is 2. The van der Waals surface area contributed by atoms with Crippen LogP contribution >= 0.6 is 11.6 Å². The van der Waals surface area contributed by atoms with E-state index in [4.69, 9.17) is 25.8 Å². The summed E-state index contributed by atoms with van der Waals surface area (Å²) in [6.07, 6.45) is 1.35. The molecule has 0 saturated heterocycles. The van der Waals surface area contributed by atoms with E-state index in [1.165, 1.54) is 19.4 Å². The molecule has 0 aliphatic rings. The van der Waals surface area contributed by atoms with E-state index in [1.54, 1.807) is 97.9 Å². The molecule has 1 amide bonds. The lowest BCUT2D eigenvalue weighted by Crippen LogP contribution is -2.43. The minimum absolute atomic E-state index is 0.0491. The van der Waals surface area contributed by atoms with E-state index in [0.29, 0.717) is 28.0 Å². The maximum absolute atomic E-state index is 13.3. The van der Waals surface area contributed by atoms with Gasteiger partial charge in [0.25, 0.3) is 5.91 Å². The third-order valence-electron chi connectivity index (χ3n) is 5.94. The van der Waals surface area contributed by atoms with Gasteiger partial charge in [0.2, 0.25) is 0 Å². The van der Waals surface area contributed by atoms with Crippen molar-refractivity contribution in [3.8, 4) is 17.2 Å². The van der Waals surface area contributed by atoms with Crippen LogP contribution in [-0.4, -0.2) is 36.9 Å². The Kier molecular flexibility index (Phi) is 9.16. The number of carbonyl (C=O) groups excluding carboxylic acids is 2. The molecule has 0 aliphatic heterocycles. The fraction of sp³-hybridized carbons (Fsp3) is 0.129. The minimum Gasteiger partial charge on any atom is -0.497 e. The first kappa shape index (κ1) is 28.4. The van der Waals surface area contributed by atoms with Crippen LogP contribution in [-0.2, 0) is 10.4 Å². The fourth-order valence-electron chi connectivity index (χ4n) is 3.94. The Morgan fingerprint density at radius 2 is 1.55 bits per heavy atom. The van der Waals surface area contributed by atoms with Crippen LogP contribution < -0.4 is 19.6 Å². The summed E-state index contributed by atoms with van der Waals surface area (Å²) in [7, 11) is 1.53. The number of methoxy groups -OCH3 is 1. The van der Waals surface area contributed by atoms with Gasteiger partial charge in [-0.1, -0.05) is 72.3 Å². The smallest absolute Gasteiger partial charge is 0.343 e. The van der Waals surface area contributed by atoms with Crippen LogP contribution in [0.3, 0.4) is 0 Å². The SMILES string of the molecule is CCOc1cc(/C=N\NC(=O)C(O)(c2ccccc2)c2ccccc2)cc(Cl)c1OC(=O)c1ccc(OC)cc1. The van der Waals surface area contributed by atoms with Crippen molar-refractivity contribution >= 4 is 29.7 Å². The third kappa shape index (κ3) is 6.31. The fourth-order valence-corrected chi connectivity index (χ4v) is 4.19. The van der Waals surface area contributed by atoms with Gasteiger partial charge >= 0.3 is 5.97 Å². The second kappa shape index (κ2) is 12.9. The third-order valence-corrected chi connectivity index (χ3v) is 6.22. The molecule has 2 N–H and O–H groups in total. The number of halogens is 1. The van der Waals surface area contributed by atoms with E-state index in [2.05, 4.69) is 10.5 Å². The van der Waals surface area contributed by atoms with Gasteiger partial charge in [0, 0.05) is 0 Å². The predicted octanol–water partition coefficient (Wildman–Crippen LogP) is 5.35. The average Bonchev–Trinajstić information content (AvgIpc) is 2.99. The lowest BCUT2D eigenvalue weighted by molar-refractivity contribution is -0.136. The molecule has 0 fully saturated rings. The highest BCUT2D eigenvalue weighted by Crippen LogP contribution is 2.37. The molecule has 0 aromatic heterocycles. The van der Waals surface area contributed by atoms with Gasteiger partial charge in [0.05, 0.1) is 30.5 Å². The van der Waals surface area contributed by atoms with Crippen LogP contribution in [0.1, 0.15) is 34.0 Å². The highest BCUT2D eigenvalue weighted by Gasteiger charge is 2.39. The van der Waals surface area contributed by atoms with Gasteiger partial charge in [-0.15, -0.1) is 0 Å². The van der Waals surface area contributed by atoms with Crippen LogP contribution in [0.4, 0.5) is 0 Å². The summed E-state index contributed by atoms with van der Waals surface area (Å²) >= 11 is 6.46. The van der Waals surface area contributed by atoms with Gasteiger partial charge in [-0.05, 0) is 60.0 Å². The molecule has 0 spiro atoms. The first-order chi connectivity index (χ1) is 19.4. The molecule has 9 heteroatoms. The van der Waals surface area contributed by atoms with Crippen LogP contribution in [0.25, 0.3) is 0 Å². The van der Waals surface area contributed by atoms with Crippen molar-refractivity contribution in [1.29, 1.82) is 0 Å². The number of carbonyl (C=O) groups is 2. The highest BCUT2D eigenvalue weighted by atomic mass is 35.5. The van der Waals surface area contributed by atoms with Crippen LogP contribution in [0.5, 0.6) is 17.2 Å². The van der Waals surface area contributed by atoms with Crippen LogP contribution in [0.15, 0.2) is 102 Å². The van der Waals surface area contributed by atoms with E-state index in [0.717, 1.165) is 0 Å². The summed E-state index contributed by atoms with van der Waals surface area (Å²) in [5.41, 5.74) is 1.98. The van der Waals surface area contributed by atoms with Crippen molar-refractivity contribution in [1.82, 2.24) is 5.43 Å². The monoisotopic (exact) mass is 558 g/mol. The number of amides is 1. The number of ether oxygens (including phenoxy) is 3. The van der Waals surface area contributed by atoms with E-state index >= 15 is 0 Å². The molecule has 40 heavy (non-hydrogen) atoms. The Morgan fingerprint density at radius 1 is 0.950 bits per heavy atom. The van der Waals surface area contributed by atoms with Crippen molar-refractivity contribution in [2.45, 2.75) is 12.5 Å². The summed E-state index contributed by atoms with van der Waals surface area (Å²) < 4.78 is 16.3. The second-order valence-corrected chi connectivity index (χ2v) is 8.93. The van der Waals surface area contributed by atoms with Crippen molar-refractivity contribution < 1.29 is 28.9 Å². The Hall–Kier alpha value is -4.66. The number of nitrogens with zero attached hydrogens (tertiary/aromatic N) is 1. The molecule has 0 heterocycles. The summed E-state index contributed by atoms with van der Waals surface area (Å²) in [6, 6.07) is 26.7. The van der Waals surface area contributed by atoms with Gasteiger partial charge < -0.3 is 19.3 Å². The highest BCUT2D eigenvalue weighted by molar-refractivity contribution is 6.32. The average molecular weight is 559 g/mol. The summed E-state index contributed by atoms with van der Waals surface area (Å²) in [6.45, 7) is 2.06. The lowest BCUT2D eigenvalue weighted by Gasteiger charge is -2.27. The number of nitrogens with one attached hydrogen (secondary N) is 1. The topological polar surface area (TPSA) is 106 Å². The number of benzene rings is 4. The molecule has 0 aliphatic carbocycles. The molecule has 0 bridgehead atoms. The van der Waals surface area contributed by atoms with Gasteiger partial charge in [-0.2, -0.15) is 5.10 Å². The zero-order valence-electron chi connectivity index (χ0n) is 21.8. The summed E-state index contributed by atoms with van der Waals surface area (Å²) in [5, 5.41) is 15.7. The van der Waals surface area contributed by atoms with Crippen LogP contribution in [0.2, 0.25) is 5.02 Å². The second-order valence-electron chi connectivity index (χ2n) is 8.52. The molecule has 0 radical (unpaired) electrons. The molecule has 4 aromatic rings. The zero-order valence-corrected chi connectivity index (χ0v) is 22.6. The van der Waals surface area contributed by atoms with Crippen LogP contribution in [0, 0.1) is 0 Å². The van der Waals surface area contributed by atoms with E-state index in [9.17, 15) is 14.7 Å². The van der Waals surface area contributed by atoms with Crippen molar-refractivity contribution in [3.63, 3.8) is 0 Å². The standard InChI is InChI=1S/C31H27ClN2O6/c1-3-39-27-19-21(18-26(32)28(27)40-29(35)22-14-16-25(38-2)17-15-22)20-33-34-30(36)31(37,23-10-6-4-7-11-23)24-12-8-5-9-13-24/h4-20,37H,3H2,1-2H3,(H,34,36)/b33-20-. The largest absolute Gasteiger partial charge is 0.497 e. The predicted molar refractivity (Wildman–Crippen MR) is 152 cm³/mol. The first-order valence-corrected chi connectivity index (χ1v) is 12.7. The Balaban J connectivity index is 1.55. The molecule has 4 rings (SSSR count). The molecule has 204 valence electrons. The quantitative estimate of drug-likeness (QED) is 0.118. The summed E-state index contributed by atoms with van der Waals surface area (Å²) in [5.74, 6) is -0.503. The minimum atomic E-state index is -1.98. The van der Waals surface area contributed by atoms with E-state index < -0.39 is 17.5 Å². The molecule has 4 aromatic carbocycles. The Morgan fingerprint density at radius 3 is 2.10 bits per heavy atom. The van der Waals surface area contributed by atoms with Crippen molar-refractivity contribution in [2.75, 3.05) is 13.7 Å². The van der Waals surface area contributed by atoms with Crippen molar-refractivity contribution in [2.24, 2.45) is 5.10 Å². The number of hydrazone groups is 1. The van der Waals surface area contributed by atoms with Crippen molar-refractivity contribution in [3.05, 3.63) is 124 Å². The van der Waals surface area contributed by atoms with E-state index in [1.807, 2.05) is 0 Å². The zero-order chi connectivity index (χ0) is 28.5. The number of rotatable bonds is 10. The molecule has 0 saturated carbocycles. The Bertz CT molecular complexity index is 1450. The molecule has 8 nitrogen and oxygen atoms in total. The number of hydrogen-bond acceptors (Lipinski definition) is 7. The van der Waals surface area contributed by atoms with Gasteiger partial charge in [-0.3, -0.25) is 4.79 Å². The van der Waals surface area contributed by atoms with Gasteiger partial charge in [0.1, 0.15) is 5.75 Å². The summed E-state index contributed by atoms with van der Waals surface area (Å²) in [4.78, 5) is 26.0. The lowest BCUT2D eigenvalue weighted by atomic mass is 9.85.